The normalized spacial score (nSPS) is 26.1. The number of rotatable bonds is 5. The maximum absolute atomic E-state index is 6.83. The zero-order valence-electron chi connectivity index (χ0n) is 14.6. The van der Waals surface area contributed by atoms with Crippen LogP contribution in [0, 0.1) is 0 Å². The van der Waals surface area contributed by atoms with Gasteiger partial charge in [-0.3, -0.25) is 4.90 Å². The molecular weight excluding hydrogens is 298 g/mol. The fourth-order valence-electron chi connectivity index (χ4n) is 3.61. The van der Waals surface area contributed by atoms with Crippen molar-refractivity contribution in [3.8, 4) is 0 Å². The molecule has 0 aromatic heterocycles. The van der Waals surface area contributed by atoms with Crippen LogP contribution < -0.4 is 11.5 Å². The third kappa shape index (κ3) is 4.04. The Kier molecular flexibility index (Phi) is 5.33. The van der Waals surface area contributed by atoms with Gasteiger partial charge < -0.3 is 16.4 Å². The molecule has 1 atom stereocenters. The first-order chi connectivity index (χ1) is 11.6. The molecule has 0 spiro atoms. The number of piperazine rings is 1. The van der Waals surface area contributed by atoms with E-state index in [1.165, 1.54) is 11.1 Å². The van der Waals surface area contributed by atoms with Crippen LogP contribution >= 0.6 is 0 Å². The SMILES string of the molecule is CCN1CCN(CC2=CN=C(N)CC2(N)Cc2ccccc2)CC1. The van der Waals surface area contributed by atoms with E-state index in [0.717, 1.165) is 45.7 Å². The molecule has 0 radical (unpaired) electrons. The predicted octanol–water partition coefficient (Wildman–Crippen LogP) is 1.21. The van der Waals surface area contributed by atoms with E-state index in [1.807, 2.05) is 12.3 Å². The summed E-state index contributed by atoms with van der Waals surface area (Å²) in [5, 5.41) is 0. The second kappa shape index (κ2) is 7.47. The number of benzene rings is 1. The standard InChI is InChI=1S/C19H29N5/c1-2-23-8-10-24(11-9-23)15-17-14-22-18(20)13-19(17,21)12-16-6-4-3-5-7-16/h3-7,14H,2,8-13,15,21H2,1H3,(H2,20,22). The van der Waals surface area contributed by atoms with Gasteiger partial charge in [0.05, 0.1) is 5.54 Å². The topological polar surface area (TPSA) is 70.9 Å². The van der Waals surface area contributed by atoms with Crippen LogP contribution in [0.5, 0.6) is 0 Å². The summed E-state index contributed by atoms with van der Waals surface area (Å²) in [6.45, 7) is 8.68. The summed E-state index contributed by atoms with van der Waals surface area (Å²) in [6, 6.07) is 10.4. The molecule has 1 aromatic rings. The molecule has 4 N–H and O–H groups in total. The summed E-state index contributed by atoms with van der Waals surface area (Å²) in [7, 11) is 0. The molecule has 0 amide bonds. The van der Waals surface area contributed by atoms with Crippen LogP contribution in [0.25, 0.3) is 0 Å². The van der Waals surface area contributed by atoms with Gasteiger partial charge in [0.25, 0.3) is 0 Å². The monoisotopic (exact) mass is 327 g/mol. The largest absolute Gasteiger partial charge is 0.387 e. The number of nitrogens with zero attached hydrogens (tertiary/aromatic N) is 3. The van der Waals surface area contributed by atoms with E-state index in [9.17, 15) is 0 Å². The third-order valence-electron chi connectivity index (χ3n) is 5.19. The second-order valence-corrected chi connectivity index (χ2v) is 6.98. The maximum atomic E-state index is 6.83. The number of aliphatic imine (C=N–C) groups is 1. The number of nitrogens with two attached hydrogens (primary N) is 2. The van der Waals surface area contributed by atoms with Gasteiger partial charge in [-0.25, -0.2) is 4.99 Å². The molecule has 3 rings (SSSR count). The molecule has 5 heteroatoms. The summed E-state index contributed by atoms with van der Waals surface area (Å²) < 4.78 is 0. The third-order valence-corrected chi connectivity index (χ3v) is 5.19. The molecule has 0 aliphatic carbocycles. The van der Waals surface area contributed by atoms with Crippen molar-refractivity contribution >= 4 is 5.84 Å². The lowest BCUT2D eigenvalue weighted by Crippen LogP contribution is -2.53. The Hall–Kier alpha value is -1.69. The van der Waals surface area contributed by atoms with Crippen molar-refractivity contribution < 1.29 is 0 Å². The highest BCUT2D eigenvalue weighted by Crippen LogP contribution is 2.27. The molecule has 130 valence electrons. The van der Waals surface area contributed by atoms with Crippen molar-refractivity contribution in [2.24, 2.45) is 16.5 Å². The van der Waals surface area contributed by atoms with Gasteiger partial charge in [-0.1, -0.05) is 37.3 Å². The molecule has 2 heterocycles. The van der Waals surface area contributed by atoms with Crippen molar-refractivity contribution in [2.75, 3.05) is 39.3 Å². The molecule has 1 fully saturated rings. The zero-order chi connectivity index (χ0) is 17.0. The van der Waals surface area contributed by atoms with E-state index in [1.54, 1.807) is 0 Å². The highest BCUT2D eigenvalue weighted by Gasteiger charge is 2.34. The lowest BCUT2D eigenvalue weighted by Gasteiger charge is -2.39. The Morgan fingerprint density at radius 1 is 1.08 bits per heavy atom. The van der Waals surface area contributed by atoms with Gasteiger partial charge in [0.2, 0.25) is 0 Å². The summed E-state index contributed by atoms with van der Waals surface area (Å²) in [5.41, 5.74) is 14.8. The van der Waals surface area contributed by atoms with Gasteiger partial charge in [0, 0.05) is 45.3 Å². The minimum Gasteiger partial charge on any atom is -0.387 e. The van der Waals surface area contributed by atoms with Gasteiger partial charge in [0.1, 0.15) is 5.84 Å². The zero-order valence-corrected chi connectivity index (χ0v) is 14.6. The molecule has 2 aliphatic rings. The van der Waals surface area contributed by atoms with E-state index < -0.39 is 5.54 Å². The van der Waals surface area contributed by atoms with Gasteiger partial charge >= 0.3 is 0 Å². The summed E-state index contributed by atoms with van der Waals surface area (Å²) in [6.07, 6.45) is 3.33. The van der Waals surface area contributed by atoms with Crippen LogP contribution in [0.4, 0.5) is 0 Å². The highest BCUT2D eigenvalue weighted by atomic mass is 15.3. The quantitative estimate of drug-likeness (QED) is 0.853. The summed E-state index contributed by atoms with van der Waals surface area (Å²) in [5.74, 6) is 0.632. The smallest absolute Gasteiger partial charge is 0.101 e. The Bertz CT molecular complexity index is 601. The van der Waals surface area contributed by atoms with Crippen LogP contribution in [-0.2, 0) is 6.42 Å². The van der Waals surface area contributed by atoms with Crippen LogP contribution in [-0.4, -0.2) is 60.4 Å². The van der Waals surface area contributed by atoms with Crippen LogP contribution in [0.15, 0.2) is 47.1 Å². The van der Waals surface area contributed by atoms with Crippen molar-refractivity contribution in [3.63, 3.8) is 0 Å². The molecule has 5 nitrogen and oxygen atoms in total. The minimum absolute atomic E-state index is 0.435. The number of hydrogen-bond donors (Lipinski definition) is 2. The van der Waals surface area contributed by atoms with Crippen molar-refractivity contribution in [1.82, 2.24) is 9.80 Å². The second-order valence-electron chi connectivity index (χ2n) is 6.98. The Labute approximate surface area is 145 Å². The van der Waals surface area contributed by atoms with Crippen LogP contribution in [0.1, 0.15) is 18.9 Å². The number of hydrogen-bond acceptors (Lipinski definition) is 5. The molecule has 1 saturated heterocycles. The van der Waals surface area contributed by atoms with Crippen molar-refractivity contribution in [2.45, 2.75) is 25.3 Å². The Morgan fingerprint density at radius 3 is 2.42 bits per heavy atom. The predicted molar refractivity (Wildman–Crippen MR) is 99.9 cm³/mol. The summed E-state index contributed by atoms with van der Waals surface area (Å²) >= 11 is 0. The number of likely N-dealkylation sites (N-methyl/N-ethyl adjacent to an activating group) is 1. The maximum Gasteiger partial charge on any atom is 0.101 e. The fourth-order valence-corrected chi connectivity index (χ4v) is 3.61. The molecule has 1 unspecified atom stereocenters. The molecule has 0 saturated carbocycles. The van der Waals surface area contributed by atoms with Crippen LogP contribution in [0.3, 0.4) is 0 Å². The summed E-state index contributed by atoms with van der Waals surface area (Å²) in [4.78, 5) is 9.34. The lowest BCUT2D eigenvalue weighted by molar-refractivity contribution is 0.142. The van der Waals surface area contributed by atoms with Crippen molar-refractivity contribution in [3.05, 3.63) is 47.7 Å². The first-order valence-corrected chi connectivity index (χ1v) is 8.88. The highest BCUT2D eigenvalue weighted by molar-refractivity contribution is 5.84. The molecule has 0 bridgehead atoms. The fraction of sp³-hybridized carbons (Fsp3) is 0.526. The first kappa shape index (κ1) is 17.1. The van der Waals surface area contributed by atoms with Gasteiger partial charge in [0.15, 0.2) is 0 Å². The lowest BCUT2D eigenvalue weighted by atomic mass is 9.80. The van der Waals surface area contributed by atoms with Gasteiger partial charge in [-0.05, 0) is 24.1 Å². The first-order valence-electron chi connectivity index (χ1n) is 8.88. The van der Waals surface area contributed by atoms with E-state index in [-0.39, 0.29) is 0 Å². The molecule has 24 heavy (non-hydrogen) atoms. The van der Waals surface area contributed by atoms with Gasteiger partial charge in [-0.2, -0.15) is 0 Å². The van der Waals surface area contributed by atoms with E-state index in [4.69, 9.17) is 11.5 Å². The van der Waals surface area contributed by atoms with Crippen LogP contribution in [0.2, 0.25) is 0 Å². The van der Waals surface area contributed by atoms with Gasteiger partial charge in [-0.15, -0.1) is 0 Å². The molecular formula is C19H29N5. The van der Waals surface area contributed by atoms with E-state index >= 15 is 0 Å². The van der Waals surface area contributed by atoms with Crippen molar-refractivity contribution in [1.29, 1.82) is 0 Å². The van der Waals surface area contributed by atoms with E-state index in [0.29, 0.717) is 12.3 Å². The minimum atomic E-state index is -0.435. The van der Waals surface area contributed by atoms with E-state index in [2.05, 4.69) is 46.0 Å². The Balaban J connectivity index is 1.71. The Morgan fingerprint density at radius 2 is 1.75 bits per heavy atom. The molecule has 1 aromatic carbocycles. The number of amidine groups is 1. The molecule has 2 aliphatic heterocycles. The average molecular weight is 327 g/mol. The average Bonchev–Trinajstić information content (AvgIpc) is 2.59.